The average Bonchev–Trinajstić information content (AvgIpc) is 2.76. The summed E-state index contributed by atoms with van der Waals surface area (Å²) in [5.41, 5.74) is 1.53. The maximum Gasteiger partial charge on any atom is 0.331 e. The molecule has 0 fully saturated rings. The van der Waals surface area contributed by atoms with Crippen LogP contribution in [0.4, 0.5) is 5.69 Å². The van der Waals surface area contributed by atoms with Crippen LogP contribution in [-0.4, -0.2) is 25.6 Å². The number of fused-ring (bicyclic) bond motifs is 1. The lowest BCUT2D eigenvalue weighted by molar-refractivity contribution is -0.142. The van der Waals surface area contributed by atoms with Gasteiger partial charge in [0, 0.05) is 6.08 Å². The molecule has 3 aromatic carbocycles. The van der Waals surface area contributed by atoms with E-state index in [0.717, 1.165) is 22.1 Å². The second-order valence-corrected chi connectivity index (χ2v) is 6.12. The van der Waals surface area contributed by atoms with Gasteiger partial charge in [0.1, 0.15) is 11.8 Å². The highest BCUT2D eigenvalue weighted by Crippen LogP contribution is 2.22. The highest BCUT2D eigenvalue weighted by Gasteiger charge is 2.08. The van der Waals surface area contributed by atoms with E-state index in [1.54, 1.807) is 37.5 Å². The Morgan fingerprint density at radius 1 is 1.07 bits per heavy atom. The molecule has 0 aliphatic rings. The standard InChI is InChI=1S/C23H18N2O4/c1-28-20-10-9-17-12-16(6-8-18(17)13-20)7-11-23(27)29-15-22(26)25-21-5-3-2-4-19(21)14-24/h2-13H,15H2,1H3,(H,25,26)/b11-7+. The van der Waals surface area contributed by atoms with Crippen molar-refractivity contribution >= 4 is 34.4 Å². The number of hydrogen-bond donors (Lipinski definition) is 1. The molecule has 0 bridgehead atoms. The van der Waals surface area contributed by atoms with Crippen LogP contribution in [0.25, 0.3) is 16.8 Å². The van der Waals surface area contributed by atoms with Gasteiger partial charge in [0.15, 0.2) is 6.61 Å². The van der Waals surface area contributed by atoms with Crippen molar-refractivity contribution in [1.29, 1.82) is 5.26 Å². The third-order valence-corrected chi connectivity index (χ3v) is 4.15. The van der Waals surface area contributed by atoms with Gasteiger partial charge in [-0.1, -0.05) is 30.3 Å². The molecule has 6 heteroatoms. The first kappa shape index (κ1) is 19.6. The van der Waals surface area contributed by atoms with Gasteiger partial charge in [-0.3, -0.25) is 4.79 Å². The third-order valence-electron chi connectivity index (χ3n) is 4.15. The van der Waals surface area contributed by atoms with E-state index in [2.05, 4.69) is 5.32 Å². The highest BCUT2D eigenvalue weighted by molar-refractivity contribution is 5.95. The maximum atomic E-state index is 11.9. The van der Waals surface area contributed by atoms with Gasteiger partial charge in [-0.05, 0) is 52.7 Å². The number of benzene rings is 3. The minimum absolute atomic E-state index is 0.334. The van der Waals surface area contributed by atoms with E-state index < -0.39 is 18.5 Å². The summed E-state index contributed by atoms with van der Waals surface area (Å²) in [6.07, 6.45) is 2.89. The molecule has 0 aromatic heterocycles. The van der Waals surface area contributed by atoms with Gasteiger partial charge >= 0.3 is 5.97 Å². The fraction of sp³-hybridized carbons (Fsp3) is 0.0870. The van der Waals surface area contributed by atoms with E-state index in [1.165, 1.54) is 6.08 Å². The number of anilines is 1. The minimum Gasteiger partial charge on any atom is -0.497 e. The Morgan fingerprint density at radius 2 is 1.83 bits per heavy atom. The van der Waals surface area contributed by atoms with Crippen LogP contribution in [0.3, 0.4) is 0 Å². The van der Waals surface area contributed by atoms with Crippen LogP contribution >= 0.6 is 0 Å². The van der Waals surface area contributed by atoms with E-state index in [9.17, 15) is 9.59 Å². The molecule has 0 aliphatic carbocycles. The van der Waals surface area contributed by atoms with Gasteiger partial charge in [0.05, 0.1) is 18.4 Å². The van der Waals surface area contributed by atoms with Crippen molar-refractivity contribution in [3.8, 4) is 11.8 Å². The summed E-state index contributed by atoms with van der Waals surface area (Å²) in [6.45, 7) is -0.444. The molecule has 0 atom stereocenters. The molecule has 0 spiro atoms. The number of amides is 1. The average molecular weight is 386 g/mol. The van der Waals surface area contributed by atoms with Crippen molar-refractivity contribution in [1.82, 2.24) is 0 Å². The van der Waals surface area contributed by atoms with Crippen LogP contribution in [0.15, 0.2) is 66.7 Å². The number of nitrogens with zero attached hydrogens (tertiary/aromatic N) is 1. The molecular formula is C23H18N2O4. The van der Waals surface area contributed by atoms with Crippen LogP contribution in [-0.2, 0) is 14.3 Å². The van der Waals surface area contributed by atoms with Gasteiger partial charge < -0.3 is 14.8 Å². The summed E-state index contributed by atoms with van der Waals surface area (Å²) in [5.74, 6) is -0.377. The summed E-state index contributed by atoms with van der Waals surface area (Å²) in [6, 6.07) is 20.0. The summed E-state index contributed by atoms with van der Waals surface area (Å²) in [5, 5.41) is 13.6. The molecule has 1 amide bonds. The number of ether oxygens (including phenoxy) is 2. The number of carbonyl (C=O) groups is 2. The van der Waals surface area contributed by atoms with Crippen molar-refractivity contribution in [2.75, 3.05) is 19.0 Å². The zero-order chi connectivity index (χ0) is 20.6. The first-order valence-corrected chi connectivity index (χ1v) is 8.80. The monoisotopic (exact) mass is 386 g/mol. The van der Waals surface area contributed by atoms with Crippen LogP contribution in [0.1, 0.15) is 11.1 Å². The van der Waals surface area contributed by atoms with Crippen LogP contribution in [0, 0.1) is 11.3 Å². The molecule has 144 valence electrons. The smallest absolute Gasteiger partial charge is 0.331 e. The molecule has 0 saturated heterocycles. The van der Waals surface area contributed by atoms with Gasteiger partial charge in [-0.25, -0.2) is 4.79 Å². The normalized spacial score (nSPS) is 10.5. The van der Waals surface area contributed by atoms with E-state index >= 15 is 0 Å². The van der Waals surface area contributed by atoms with Crippen LogP contribution in [0.5, 0.6) is 5.75 Å². The Balaban J connectivity index is 1.56. The predicted octanol–water partition coefficient (Wildman–Crippen LogP) is 3.92. The SMILES string of the molecule is COc1ccc2cc(/C=C/C(=O)OCC(=O)Nc3ccccc3C#N)ccc2c1. The van der Waals surface area contributed by atoms with E-state index in [-0.39, 0.29) is 0 Å². The zero-order valence-corrected chi connectivity index (χ0v) is 15.7. The fourth-order valence-electron chi connectivity index (χ4n) is 2.70. The van der Waals surface area contributed by atoms with Crippen molar-refractivity contribution < 1.29 is 19.1 Å². The quantitative estimate of drug-likeness (QED) is 0.512. The Kier molecular flexibility index (Phi) is 6.23. The summed E-state index contributed by atoms with van der Waals surface area (Å²) in [4.78, 5) is 23.8. The Hall–Kier alpha value is -4.11. The third kappa shape index (κ3) is 5.21. The second-order valence-electron chi connectivity index (χ2n) is 6.12. The fourth-order valence-corrected chi connectivity index (χ4v) is 2.70. The molecule has 3 aromatic rings. The van der Waals surface area contributed by atoms with Gasteiger partial charge in [-0.15, -0.1) is 0 Å². The van der Waals surface area contributed by atoms with E-state index in [1.807, 2.05) is 42.5 Å². The highest BCUT2D eigenvalue weighted by atomic mass is 16.5. The molecule has 0 saturated carbocycles. The number of rotatable bonds is 6. The predicted molar refractivity (Wildman–Crippen MR) is 110 cm³/mol. The number of carbonyl (C=O) groups excluding carboxylic acids is 2. The second kappa shape index (κ2) is 9.20. The molecule has 0 radical (unpaired) electrons. The number of para-hydroxylation sites is 1. The molecule has 0 unspecified atom stereocenters. The van der Waals surface area contributed by atoms with Crippen molar-refractivity contribution in [2.45, 2.75) is 0 Å². The number of nitrogens with one attached hydrogen (secondary N) is 1. The number of esters is 1. The lowest BCUT2D eigenvalue weighted by atomic mass is 10.1. The molecule has 0 heterocycles. The number of nitriles is 1. The van der Waals surface area contributed by atoms with E-state index in [0.29, 0.717) is 11.3 Å². The number of hydrogen-bond acceptors (Lipinski definition) is 5. The molecule has 3 rings (SSSR count). The molecule has 6 nitrogen and oxygen atoms in total. The van der Waals surface area contributed by atoms with Crippen molar-refractivity contribution in [3.63, 3.8) is 0 Å². The Labute approximate surface area is 168 Å². The molecule has 1 N–H and O–H groups in total. The minimum atomic E-state index is -0.636. The lowest BCUT2D eigenvalue weighted by Crippen LogP contribution is -2.20. The number of methoxy groups -OCH3 is 1. The Bertz CT molecular complexity index is 1130. The molecular weight excluding hydrogens is 368 g/mol. The molecule has 0 aliphatic heterocycles. The lowest BCUT2D eigenvalue weighted by Gasteiger charge is -2.06. The van der Waals surface area contributed by atoms with Gasteiger partial charge in [-0.2, -0.15) is 5.26 Å². The first-order valence-electron chi connectivity index (χ1n) is 8.80. The maximum absolute atomic E-state index is 11.9. The topological polar surface area (TPSA) is 88.4 Å². The Morgan fingerprint density at radius 3 is 2.62 bits per heavy atom. The van der Waals surface area contributed by atoms with Gasteiger partial charge in [0.25, 0.3) is 5.91 Å². The van der Waals surface area contributed by atoms with E-state index in [4.69, 9.17) is 14.7 Å². The molecule has 29 heavy (non-hydrogen) atoms. The van der Waals surface area contributed by atoms with Crippen molar-refractivity contribution in [3.05, 3.63) is 77.9 Å². The summed E-state index contributed by atoms with van der Waals surface area (Å²) in [7, 11) is 1.62. The van der Waals surface area contributed by atoms with Crippen LogP contribution in [0.2, 0.25) is 0 Å². The first-order chi connectivity index (χ1) is 14.1. The zero-order valence-electron chi connectivity index (χ0n) is 15.7. The van der Waals surface area contributed by atoms with Crippen molar-refractivity contribution in [2.24, 2.45) is 0 Å². The summed E-state index contributed by atoms with van der Waals surface area (Å²) < 4.78 is 10.2. The summed E-state index contributed by atoms with van der Waals surface area (Å²) >= 11 is 0. The van der Waals surface area contributed by atoms with Gasteiger partial charge in [0.2, 0.25) is 0 Å². The van der Waals surface area contributed by atoms with Crippen LogP contribution < -0.4 is 10.1 Å². The largest absolute Gasteiger partial charge is 0.497 e.